The van der Waals surface area contributed by atoms with Gasteiger partial charge in [0.15, 0.2) is 5.13 Å². The summed E-state index contributed by atoms with van der Waals surface area (Å²) in [6.45, 7) is 4.90. The van der Waals surface area contributed by atoms with Crippen molar-refractivity contribution in [1.29, 1.82) is 0 Å². The van der Waals surface area contributed by atoms with E-state index in [4.69, 9.17) is 14.5 Å². The molecule has 0 radical (unpaired) electrons. The van der Waals surface area contributed by atoms with Crippen LogP contribution in [-0.2, 0) is 15.9 Å². The Bertz CT molecular complexity index is 467. The average molecular weight is 311 g/mol. The third-order valence-corrected chi connectivity index (χ3v) is 5.68. The van der Waals surface area contributed by atoms with E-state index in [0.29, 0.717) is 6.04 Å². The monoisotopic (exact) mass is 311 g/mol. The highest BCUT2D eigenvalue weighted by Gasteiger charge is 2.35. The summed E-state index contributed by atoms with van der Waals surface area (Å²) in [6.07, 6.45) is 3.91. The molecule has 6 heteroatoms. The molecule has 1 fully saturated rings. The predicted octanol–water partition coefficient (Wildman–Crippen LogP) is 1.98. The van der Waals surface area contributed by atoms with Gasteiger partial charge in [0.2, 0.25) is 0 Å². The zero-order valence-corrected chi connectivity index (χ0v) is 13.9. The van der Waals surface area contributed by atoms with Gasteiger partial charge in [-0.2, -0.15) is 0 Å². The summed E-state index contributed by atoms with van der Waals surface area (Å²) in [5.74, 6) is 0. The van der Waals surface area contributed by atoms with Crippen molar-refractivity contribution in [3.8, 4) is 0 Å². The fraction of sp³-hybridized carbons (Fsp3) is 0.800. The molecule has 1 N–H and O–H groups in total. The first-order valence-electron chi connectivity index (χ1n) is 7.80. The lowest BCUT2D eigenvalue weighted by atomic mass is 9.98. The zero-order chi connectivity index (χ0) is 14.8. The molecule has 0 saturated carbocycles. The standard InChI is InChI=1S/C15H25N3O2S/c1-4-16-10-6-5-7-13-14(10)17-15(21-13)18-8-11(19-2)12(9-18)20-3/h10-12,16H,4-9H2,1-3H3. The van der Waals surface area contributed by atoms with E-state index in [1.807, 2.05) is 11.3 Å². The van der Waals surface area contributed by atoms with Gasteiger partial charge < -0.3 is 19.7 Å². The highest BCUT2D eigenvalue weighted by molar-refractivity contribution is 7.15. The lowest BCUT2D eigenvalue weighted by Crippen LogP contribution is -2.27. The number of hydrogen-bond donors (Lipinski definition) is 1. The van der Waals surface area contributed by atoms with Crippen LogP contribution >= 0.6 is 11.3 Å². The molecule has 0 bridgehead atoms. The first-order chi connectivity index (χ1) is 10.3. The van der Waals surface area contributed by atoms with Crippen molar-refractivity contribution in [2.75, 3.05) is 38.8 Å². The number of aryl methyl sites for hydroxylation is 1. The summed E-state index contributed by atoms with van der Waals surface area (Å²) < 4.78 is 11.1. The number of methoxy groups -OCH3 is 2. The molecular formula is C15H25N3O2S. The van der Waals surface area contributed by atoms with Crippen LogP contribution in [-0.4, -0.2) is 51.0 Å². The number of aromatic nitrogens is 1. The van der Waals surface area contributed by atoms with Crippen LogP contribution in [0, 0.1) is 0 Å². The number of rotatable bonds is 5. The summed E-state index contributed by atoms with van der Waals surface area (Å²) in [5.41, 5.74) is 1.28. The third kappa shape index (κ3) is 2.95. The zero-order valence-electron chi connectivity index (χ0n) is 13.1. The Labute approximate surface area is 130 Å². The van der Waals surface area contributed by atoms with Crippen LogP contribution in [0.4, 0.5) is 5.13 Å². The highest BCUT2D eigenvalue weighted by Crippen LogP contribution is 2.38. The second-order valence-corrected chi connectivity index (χ2v) is 6.82. The summed E-state index contributed by atoms with van der Waals surface area (Å²) in [5, 5.41) is 4.69. The van der Waals surface area contributed by atoms with Gasteiger partial charge in [-0.1, -0.05) is 6.92 Å². The molecule has 3 unspecified atom stereocenters. The number of fused-ring (bicyclic) bond motifs is 1. The SMILES string of the molecule is CCNC1CCCc2sc(N3CC(OC)C(OC)C3)nc21. The first-order valence-corrected chi connectivity index (χ1v) is 8.62. The first kappa shape index (κ1) is 15.2. The lowest BCUT2D eigenvalue weighted by Gasteiger charge is -2.21. The maximum atomic E-state index is 5.53. The molecule has 2 heterocycles. The van der Waals surface area contributed by atoms with E-state index >= 15 is 0 Å². The topological polar surface area (TPSA) is 46.6 Å². The minimum atomic E-state index is 0.139. The van der Waals surface area contributed by atoms with E-state index in [1.165, 1.54) is 29.8 Å². The molecule has 1 aliphatic heterocycles. The van der Waals surface area contributed by atoms with E-state index in [0.717, 1.165) is 24.8 Å². The molecule has 3 rings (SSSR count). The molecule has 118 valence electrons. The van der Waals surface area contributed by atoms with Gasteiger partial charge in [-0.05, 0) is 25.8 Å². The van der Waals surface area contributed by atoms with Crippen molar-refractivity contribution < 1.29 is 9.47 Å². The summed E-state index contributed by atoms with van der Waals surface area (Å²) in [4.78, 5) is 8.71. The number of thiazole rings is 1. The Morgan fingerprint density at radius 1 is 1.29 bits per heavy atom. The van der Waals surface area contributed by atoms with Gasteiger partial charge in [0.25, 0.3) is 0 Å². The number of anilines is 1. The molecule has 1 saturated heterocycles. The maximum Gasteiger partial charge on any atom is 0.186 e. The van der Waals surface area contributed by atoms with E-state index < -0.39 is 0 Å². The van der Waals surface area contributed by atoms with Crippen LogP contribution in [0.1, 0.15) is 36.4 Å². The maximum absolute atomic E-state index is 5.53. The normalized spacial score (nSPS) is 28.9. The van der Waals surface area contributed by atoms with Gasteiger partial charge in [0, 0.05) is 32.2 Å². The number of nitrogens with one attached hydrogen (secondary N) is 1. The van der Waals surface area contributed by atoms with Crippen molar-refractivity contribution >= 4 is 16.5 Å². The average Bonchev–Trinajstić information content (AvgIpc) is 3.11. The molecule has 21 heavy (non-hydrogen) atoms. The fourth-order valence-corrected chi connectivity index (χ4v) is 4.52. The van der Waals surface area contributed by atoms with Crippen LogP contribution in [0.25, 0.3) is 0 Å². The number of hydrogen-bond acceptors (Lipinski definition) is 6. The summed E-state index contributed by atoms with van der Waals surface area (Å²) >= 11 is 1.85. The summed E-state index contributed by atoms with van der Waals surface area (Å²) in [6, 6.07) is 0.433. The van der Waals surface area contributed by atoms with Gasteiger partial charge in [0.05, 0.1) is 11.7 Å². The Hall–Kier alpha value is -0.690. The van der Waals surface area contributed by atoms with Gasteiger partial charge in [-0.25, -0.2) is 4.98 Å². The largest absolute Gasteiger partial charge is 0.377 e. The highest BCUT2D eigenvalue weighted by atomic mass is 32.1. The van der Waals surface area contributed by atoms with Gasteiger partial charge in [-0.15, -0.1) is 11.3 Å². The molecule has 1 aromatic heterocycles. The Balaban J connectivity index is 1.78. The van der Waals surface area contributed by atoms with Crippen molar-refractivity contribution in [3.05, 3.63) is 10.6 Å². The second kappa shape index (κ2) is 6.60. The number of ether oxygens (including phenoxy) is 2. The number of nitrogens with zero attached hydrogens (tertiary/aromatic N) is 2. The van der Waals surface area contributed by atoms with Crippen LogP contribution < -0.4 is 10.2 Å². The quantitative estimate of drug-likeness (QED) is 0.901. The molecule has 3 atom stereocenters. The molecule has 2 aliphatic rings. The molecular weight excluding hydrogens is 286 g/mol. The van der Waals surface area contributed by atoms with E-state index in [9.17, 15) is 0 Å². The molecule has 0 spiro atoms. The minimum absolute atomic E-state index is 0.139. The van der Waals surface area contributed by atoms with Gasteiger partial charge in [-0.3, -0.25) is 0 Å². The molecule has 1 aromatic rings. The van der Waals surface area contributed by atoms with Crippen LogP contribution in [0.2, 0.25) is 0 Å². The molecule has 0 amide bonds. The van der Waals surface area contributed by atoms with E-state index in [1.54, 1.807) is 14.2 Å². The van der Waals surface area contributed by atoms with Gasteiger partial charge in [0.1, 0.15) is 12.2 Å². The molecule has 0 aromatic carbocycles. The van der Waals surface area contributed by atoms with Crippen molar-refractivity contribution in [1.82, 2.24) is 10.3 Å². The summed E-state index contributed by atoms with van der Waals surface area (Å²) in [7, 11) is 3.52. The van der Waals surface area contributed by atoms with Crippen LogP contribution in [0.15, 0.2) is 0 Å². The Morgan fingerprint density at radius 2 is 2.00 bits per heavy atom. The van der Waals surface area contributed by atoms with Crippen molar-refractivity contribution in [3.63, 3.8) is 0 Å². The van der Waals surface area contributed by atoms with Crippen LogP contribution in [0.3, 0.4) is 0 Å². The van der Waals surface area contributed by atoms with Crippen molar-refractivity contribution in [2.45, 2.75) is 44.4 Å². The van der Waals surface area contributed by atoms with E-state index in [-0.39, 0.29) is 12.2 Å². The second-order valence-electron chi connectivity index (χ2n) is 5.76. The minimum Gasteiger partial charge on any atom is -0.377 e. The Kier molecular flexibility index (Phi) is 4.78. The smallest absolute Gasteiger partial charge is 0.186 e. The lowest BCUT2D eigenvalue weighted by molar-refractivity contribution is -0.00461. The molecule has 1 aliphatic carbocycles. The molecule has 5 nitrogen and oxygen atoms in total. The third-order valence-electron chi connectivity index (χ3n) is 4.48. The Morgan fingerprint density at radius 3 is 2.62 bits per heavy atom. The van der Waals surface area contributed by atoms with E-state index in [2.05, 4.69) is 17.1 Å². The van der Waals surface area contributed by atoms with Crippen molar-refractivity contribution in [2.24, 2.45) is 0 Å². The fourth-order valence-electron chi connectivity index (χ4n) is 3.34. The van der Waals surface area contributed by atoms with Gasteiger partial charge >= 0.3 is 0 Å². The van der Waals surface area contributed by atoms with Crippen LogP contribution in [0.5, 0.6) is 0 Å². The predicted molar refractivity (Wildman–Crippen MR) is 85.3 cm³/mol.